The molecule has 0 saturated heterocycles. The summed E-state index contributed by atoms with van der Waals surface area (Å²) >= 11 is 0. The normalized spacial score (nSPS) is 38.4. The minimum Gasteiger partial charge on any atom is -0.353 e. The molecule has 0 radical (unpaired) electrons. The van der Waals surface area contributed by atoms with Crippen molar-refractivity contribution in [2.75, 3.05) is 0 Å². The standard InChI is InChI=1S/C22H38N2O2/c1-15-7-3-5-9-19(15)23-21(25)17-11-13-18(14-12-17)22(26)24-20-10-6-4-8-16(20)2/h15-20H,3-14H2,1-2H3,(H,23,25)(H,24,26)/t15-,16-,17?,18?,19-,20+/m1/s1. The van der Waals surface area contributed by atoms with Gasteiger partial charge in [-0.25, -0.2) is 0 Å². The Morgan fingerprint density at radius 1 is 0.577 bits per heavy atom. The van der Waals surface area contributed by atoms with E-state index in [1.165, 1.54) is 38.5 Å². The Bertz CT molecular complexity index is 441. The highest BCUT2D eigenvalue weighted by atomic mass is 16.2. The van der Waals surface area contributed by atoms with Crippen LogP contribution >= 0.6 is 0 Å². The second-order valence-electron chi connectivity index (χ2n) is 9.30. The topological polar surface area (TPSA) is 58.2 Å². The van der Waals surface area contributed by atoms with Gasteiger partial charge in [0.25, 0.3) is 0 Å². The van der Waals surface area contributed by atoms with Crippen molar-refractivity contribution in [3.8, 4) is 0 Å². The van der Waals surface area contributed by atoms with Crippen molar-refractivity contribution >= 4 is 11.8 Å². The third-order valence-corrected chi connectivity index (χ3v) is 7.35. The number of amides is 2. The van der Waals surface area contributed by atoms with Crippen LogP contribution in [0.3, 0.4) is 0 Å². The van der Waals surface area contributed by atoms with E-state index in [0.29, 0.717) is 23.9 Å². The van der Waals surface area contributed by atoms with Gasteiger partial charge >= 0.3 is 0 Å². The maximum Gasteiger partial charge on any atom is 0.223 e. The van der Waals surface area contributed by atoms with Gasteiger partial charge in [0.05, 0.1) is 0 Å². The van der Waals surface area contributed by atoms with Crippen molar-refractivity contribution in [3.05, 3.63) is 0 Å². The Kier molecular flexibility index (Phi) is 6.99. The Hall–Kier alpha value is -1.06. The first-order chi connectivity index (χ1) is 12.5. The van der Waals surface area contributed by atoms with Crippen molar-refractivity contribution in [3.63, 3.8) is 0 Å². The van der Waals surface area contributed by atoms with Crippen molar-refractivity contribution in [1.82, 2.24) is 10.6 Å². The van der Waals surface area contributed by atoms with Crippen LogP contribution in [0.25, 0.3) is 0 Å². The van der Waals surface area contributed by atoms with E-state index >= 15 is 0 Å². The summed E-state index contributed by atoms with van der Waals surface area (Å²) in [6.45, 7) is 4.52. The van der Waals surface area contributed by atoms with Crippen LogP contribution in [-0.4, -0.2) is 23.9 Å². The van der Waals surface area contributed by atoms with Crippen LogP contribution < -0.4 is 10.6 Å². The van der Waals surface area contributed by atoms with Crippen molar-refractivity contribution in [2.45, 2.75) is 103 Å². The molecule has 3 saturated carbocycles. The lowest BCUT2D eigenvalue weighted by atomic mass is 9.79. The number of rotatable bonds is 4. The van der Waals surface area contributed by atoms with Crippen LogP contribution in [0.1, 0.15) is 90.9 Å². The maximum absolute atomic E-state index is 12.6. The second-order valence-corrected chi connectivity index (χ2v) is 9.30. The molecule has 0 unspecified atom stereocenters. The van der Waals surface area contributed by atoms with Crippen LogP contribution in [0, 0.1) is 23.7 Å². The van der Waals surface area contributed by atoms with Gasteiger partial charge in [0.1, 0.15) is 0 Å². The first kappa shape index (κ1) is 19.7. The number of hydrogen-bond donors (Lipinski definition) is 2. The molecule has 3 aliphatic carbocycles. The van der Waals surface area contributed by atoms with Crippen molar-refractivity contribution < 1.29 is 9.59 Å². The highest BCUT2D eigenvalue weighted by Gasteiger charge is 2.33. The number of nitrogens with one attached hydrogen (secondary N) is 2. The van der Waals surface area contributed by atoms with Crippen LogP contribution in [0.4, 0.5) is 0 Å². The van der Waals surface area contributed by atoms with E-state index in [1.807, 2.05) is 0 Å². The van der Waals surface area contributed by atoms with E-state index < -0.39 is 0 Å². The molecule has 0 aromatic rings. The molecule has 26 heavy (non-hydrogen) atoms. The van der Waals surface area contributed by atoms with Crippen molar-refractivity contribution in [2.24, 2.45) is 23.7 Å². The summed E-state index contributed by atoms with van der Waals surface area (Å²) in [5.41, 5.74) is 0. The van der Waals surface area contributed by atoms with E-state index in [4.69, 9.17) is 0 Å². The lowest BCUT2D eigenvalue weighted by molar-refractivity contribution is -0.131. The lowest BCUT2D eigenvalue weighted by Gasteiger charge is -2.34. The first-order valence-corrected chi connectivity index (χ1v) is 11.2. The summed E-state index contributed by atoms with van der Waals surface area (Å²) in [6.07, 6.45) is 13.3. The summed E-state index contributed by atoms with van der Waals surface area (Å²) in [6, 6.07) is 0.732. The Morgan fingerprint density at radius 2 is 0.923 bits per heavy atom. The fourth-order valence-electron chi connectivity index (χ4n) is 5.28. The highest BCUT2D eigenvalue weighted by Crippen LogP contribution is 2.31. The molecular weight excluding hydrogens is 324 g/mol. The monoisotopic (exact) mass is 362 g/mol. The van der Waals surface area contributed by atoms with Crippen LogP contribution in [0.5, 0.6) is 0 Å². The van der Waals surface area contributed by atoms with Gasteiger partial charge in [-0.2, -0.15) is 0 Å². The summed E-state index contributed by atoms with van der Waals surface area (Å²) in [4.78, 5) is 25.3. The second kappa shape index (κ2) is 9.23. The molecule has 0 heterocycles. The highest BCUT2D eigenvalue weighted by molar-refractivity contribution is 5.81. The van der Waals surface area contributed by atoms with E-state index in [0.717, 1.165) is 38.5 Å². The molecule has 4 atom stereocenters. The molecule has 148 valence electrons. The zero-order chi connectivity index (χ0) is 18.5. The summed E-state index contributed by atoms with van der Waals surface area (Å²) in [5, 5.41) is 6.63. The smallest absolute Gasteiger partial charge is 0.223 e. The zero-order valence-electron chi connectivity index (χ0n) is 16.8. The molecule has 0 spiro atoms. The molecule has 3 fully saturated rings. The quantitative estimate of drug-likeness (QED) is 0.788. The predicted octanol–water partition coefficient (Wildman–Crippen LogP) is 4.18. The lowest BCUT2D eigenvalue weighted by Crippen LogP contribution is -2.46. The Labute approximate surface area is 159 Å². The molecule has 3 aliphatic rings. The summed E-state index contributed by atoms with van der Waals surface area (Å²) in [5.74, 6) is 1.91. The third kappa shape index (κ3) is 5.01. The van der Waals surface area contributed by atoms with Gasteiger partial charge < -0.3 is 10.6 Å². The maximum atomic E-state index is 12.6. The summed E-state index contributed by atoms with van der Waals surface area (Å²) in [7, 11) is 0. The molecule has 2 N–H and O–H groups in total. The zero-order valence-corrected chi connectivity index (χ0v) is 16.8. The summed E-state index contributed by atoms with van der Waals surface area (Å²) < 4.78 is 0. The fourth-order valence-corrected chi connectivity index (χ4v) is 5.28. The van der Waals surface area contributed by atoms with Gasteiger partial charge in [-0.1, -0.05) is 39.5 Å². The van der Waals surface area contributed by atoms with Gasteiger partial charge in [-0.05, 0) is 63.2 Å². The number of carbonyl (C=O) groups is 2. The molecule has 4 nitrogen and oxygen atoms in total. The molecule has 0 bridgehead atoms. The van der Waals surface area contributed by atoms with E-state index in [2.05, 4.69) is 24.5 Å². The van der Waals surface area contributed by atoms with Gasteiger partial charge in [-0.15, -0.1) is 0 Å². The number of hydrogen-bond acceptors (Lipinski definition) is 2. The average molecular weight is 363 g/mol. The molecule has 2 amide bonds. The van der Waals surface area contributed by atoms with Crippen molar-refractivity contribution in [1.29, 1.82) is 0 Å². The molecular formula is C22H38N2O2. The number of carbonyl (C=O) groups excluding carboxylic acids is 2. The van der Waals surface area contributed by atoms with Gasteiger partial charge in [-0.3, -0.25) is 9.59 Å². The first-order valence-electron chi connectivity index (χ1n) is 11.2. The SMILES string of the molecule is C[C@@H]1CCCC[C@@H]1NC(=O)C1CCC(C(=O)N[C@@H]2CCCC[C@H]2C)CC1. The van der Waals surface area contributed by atoms with Gasteiger partial charge in [0.15, 0.2) is 0 Å². The van der Waals surface area contributed by atoms with Gasteiger partial charge in [0, 0.05) is 23.9 Å². The Morgan fingerprint density at radius 3 is 1.27 bits per heavy atom. The molecule has 0 aromatic heterocycles. The Balaban J connectivity index is 1.41. The predicted molar refractivity (Wildman–Crippen MR) is 105 cm³/mol. The largest absolute Gasteiger partial charge is 0.353 e. The van der Waals surface area contributed by atoms with Crippen LogP contribution in [0.15, 0.2) is 0 Å². The molecule has 4 heteroatoms. The minimum absolute atomic E-state index is 0.113. The molecule has 0 aromatic carbocycles. The molecule has 0 aliphatic heterocycles. The molecule has 3 rings (SSSR count). The van der Waals surface area contributed by atoms with E-state index in [-0.39, 0.29) is 23.7 Å². The van der Waals surface area contributed by atoms with Crippen LogP contribution in [-0.2, 0) is 9.59 Å². The van der Waals surface area contributed by atoms with Gasteiger partial charge in [0.2, 0.25) is 11.8 Å². The third-order valence-electron chi connectivity index (χ3n) is 7.35. The van der Waals surface area contributed by atoms with E-state index in [1.54, 1.807) is 0 Å². The van der Waals surface area contributed by atoms with Crippen LogP contribution in [0.2, 0.25) is 0 Å². The average Bonchev–Trinajstić information content (AvgIpc) is 2.65. The van der Waals surface area contributed by atoms with E-state index in [9.17, 15) is 9.59 Å². The fraction of sp³-hybridized carbons (Fsp3) is 0.909. The minimum atomic E-state index is 0.113.